The van der Waals surface area contributed by atoms with Crippen molar-refractivity contribution in [3.8, 4) is 22.6 Å². The highest BCUT2D eigenvalue weighted by atomic mass is 16.7. The van der Waals surface area contributed by atoms with Crippen LogP contribution in [0.15, 0.2) is 60.7 Å². The molecule has 0 saturated heterocycles. The number of carbonyl (C=O) groups excluding carboxylic acids is 2. The van der Waals surface area contributed by atoms with Crippen molar-refractivity contribution in [2.24, 2.45) is 0 Å². The first-order chi connectivity index (χ1) is 16.4. The summed E-state index contributed by atoms with van der Waals surface area (Å²) in [6, 6.07) is 20.0. The van der Waals surface area contributed by atoms with E-state index >= 15 is 0 Å². The van der Waals surface area contributed by atoms with Crippen LogP contribution in [0.1, 0.15) is 37.9 Å². The maximum absolute atomic E-state index is 13.3. The minimum Gasteiger partial charge on any atom is -0.454 e. The first-order valence-corrected chi connectivity index (χ1v) is 11.5. The highest BCUT2D eigenvalue weighted by Crippen LogP contribution is 2.51. The predicted octanol–water partition coefficient (Wildman–Crippen LogP) is 5.29. The monoisotopic (exact) mass is 458 g/mol. The standard InChI is InChI=1S/C28H28N2O4.H2/c1-18-4-10-23(15-24(18)21-7-5-20(6-8-21)16-30(3)19(2)31)29-27(32)28(12-13-28)22-9-11-25-26(14-22)34-17-33-25;/h4-11,14-15H,12-13,16-17H2,1-3H3,(H,29,32);1H. The molecule has 1 N–H and O–H groups in total. The molecule has 6 nitrogen and oxygen atoms in total. The van der Waals surface area contributed by atoms with Crippen molar-refractivity contribution < 1.29 is 20.5 Å². The van der Waals surface area contributed by atoms with Crippen LogP contribution >= 0.6 is 0 Å². The molecule has 0 aromatic heterocycles. The van der Waals surface area contributed by atoms with Crippen LogP contribution in [0.25, 0.3) is 11.1 Å². The Bertz CT molecular complexity index is 1270. The molecule has 2 aliphatic rings. The fraction of sp³-hybridized carbons (Fsp3) is 0.286. The summed E-state index contributed by atoms with van der Waals surface area (Å²) in [5.74, 6) is 1.47. The molecule has 5 rings (SSSR count). The molecule has 3 aromatic rings. The Balaban J connectivity index is 0.00000289. The van der Waals surface area contributed by atoms with Gasteiger partial charge in [-0.25, -0.2) is 0 Å². The van der Waals surface area contributed by atoms with Gasteiger partial charge in [-0.2, -0.15) is 0 Å². The predicted molar refractivity (Wildman–Crippen MR) is 133 cm³/mol. The smallest absolute Gasteiger partial charge is 0.235 e. The van der Waals surface area contributed by atoms with Crippen LogP contribution in [0, 0.1) is 6.92 Å². The van der Waals surface area contributed by atoms with Crippen molar-refractivity contribution in [3.63, 3.8) is 0 Å². The Kier molecular flexibility index (Phi) is 5.52. The SMILES string of the molecule is CC(=O)N(C)Cc1ccc(-c2cc(NC(=O)C3(c4ccc5c(c4)OCO5)CC3)ccc2C)cc1.[HH]. The van der Waals surface area contributed by atoms with Gasteiger partial charge in [0.2, 0.25) is 18.6 Å². The van der Waals surface area contributed by atoms with Gasteiger partial charge in [0.25, 0.3) is 0 Å². The summed E-state index contributed by atoms with van der Waals surface area (Å²) in [5.41, 5.74) is 5.56. The number of nitrogens with one attached hydrogen (secondary N) is 1. The van der Waals surface area contributed by atoms with E-state index in [2.05, 4.69) is 24.4 Å². The number of carbonyl (C=O) groups is 2. The van der Waals surface area contributed by atoms with Gasteiger partial charge in [0.05, 0.1) is 5.41 Å². The first kappa shape index (κ1) is 22.0. The van der Waals surface area contributed by atoms with E-state index < -0.39 is 5.41 Å². The van der Waals surface area contributed by atoms with Gasteiger partial charge in [-0.15, -0.1) is 0 Å². The number of ether oxygens (including phenoxy) is 2. The Morgan fingerprint density at radius 3 is 2.44 bits per heavy atom. The lowest BCUT2D eigenvalue weighted by atomic mass is 9.94. The second-order valence-corrected chi connectivity index (χ2v) is 9.21. The zero-order chi connectivity index (χ0) is 23.9. The lowest BCUT2D eigenvalue weighted by molar-refractivity contribution is -0.128. The van der Waals surface area contributed by atoms with Gasteiger partial charge >= 0.3 is 0 Å². The van der Waals surface area contributed by atoms with Crippen LogP contribution in [0.4, 0.5) is 5.69 Å². The third-order valence-corrected chi connectivity index (χ3v) is 6.83. The minimum atomic E-state index is -0.517. The minimum absolute atomic E-state index is 0. The average Bonchev–Trinajstić information content (AvgIpc) is 3.51. The van der Waals surface area contributed by atoms with Crippen LogP contribution in [-0.2, 0) is 21.5 Å². The van der Waals surface area contributed by atoms with E-state index in [1.54, 1.807) is 18.9 Å². The Morgan fingerprint density at radius 2 is 1.74 bits per heavy atom. The molecule has 3 aromatic carbocycles. The lowest BCUT2D eigenvalue weighted by Gasteiger charge is -2.18. The fourth-order valence-corrected chi connectivity index (χ4v) is 4.40. The van der Waals surface area contributed by atoms with E-state index in [1.165, 1.54) is 0 Å². The van der Waals surface area contributed by atoms with Crippen LogP contribution in [-0.4, -0.2) is 30.6 Å². The molecule has 1 saturated carbocycles. The average molecular weight is 459 g/mol. The maximum Gasteiger partial charge on any atom is 0.235 e. The van der Waals surface area contributed by atoms with E-state index in [0.29, 0.717) is 12.3 Å². The normalized spacial score (nSPS) is 15.0. The van der Waals surface area contributed by atoms with Gasteiger partial charge in [-0.05, 0) is 71.8 Å². The number of fused-ring (bicyclic) bond motifs is 1. The largest absolute Gasteiger partial charge is 0.454 e. The van der Waals surface area contributed by atoms with E-state index in [1.807, 2.05) is 48.5 Å². The van der Waals surface area contributed by atoms with Gasteiger partial charge in [-0.1, -0.05) is 36.4 Å². The van der Waals surface area contributed by atoms with E-state index in [9.17, 15) is 9.59 Å². The molecule has 0 unspecified atom stereocenters. The van der Waals surface area contributed by atoms with Crippen molar-refractivity contribution in [2.75, 3.05) is 19.2 Å². The van der Waals surface area contributed by atoms with Crippen molar-refractivity contribution in [3.05, 3.63) is 77.4 Å². The second-order valence-electron chi connectivity index (χ2n) is 9.21. The number of hydrogen-bond acceptors (Lipinski definition) is 4. The number of rotatable bonds is 6. The summed E-state index contributed by atoms with van der Waals surface area (Å²) in [6.45, 7) is 4.42. The molecule has 0 atom stereocenters. The lowest BCUT2D eigenvalue weighted by Crippen LogP contribution is -2.27. The summed E-state index contributed by atoms with van der Waals surface area (Å²) in [4.78, 5) is 26.5. The molecule has 176 valence electrons. The zero-order valence-electron chi connectivity index (χ0n) is 19.7. The first-order valence-electron chi connectivity index (χ1n) is 11.5. The summed E-state index contributed by atoms with van der Waals surface area (Å²) in [7, 11) is 1.79. The van der Waals surface area contributed by atoms with Gasteiger partial charge in [0, 0.05) is 27.6 Å². The van der Waals surface area contributed by atoms with Crippen molar-refractivity contribution >= 4 is 17.5 Å². The number of anilines is 1. The van der Waals surface area contributed by atoms with Crippen LogP contribution in [0.3, 0.4) is 0 Å². The second kappa shape index (κ2) is 8.52. The molecule has 0 bridgehead atoms. The Morgan fingerprint density at radius 1 is 1.00 bits per heavy atom. The fourth-order valence-electron chi connectivity index (χ4n) is 4.40. The number of benzene rings is 3. The van der Waals surface area contributed by atoms with E-state index in [4.69, 9.17) is 9.47 Å². The number of amides is 2. The molecule has 2 amide bonds. The van der Waals surface area contributed by atoms with Crippen molar-refractivity contribution in [1.82, 2.24) is 4.90 Å². The van der Waals surface area contributed by atoms with E-state index in [0.717, 1.165) is 52.1 Å². The highest BCUT2D eigenvalue weighted by molar-refractivity contribution is 6.02. The number of hydrogen-bond donors (Lipinski definition) is 1. The molecule has 34 heavy (non-hydrogen) atoms. The molecule has 1 heterocycles. The Hall–Kier alpha value is -3.80. The zero-order valence-corrected chi connectivity index (χ0v) is 19.7. The third-order valence-electron chi connectivity index (χ3n) is 6.83. The molecular weight excluding hydrogens is 428 g/mol. The third kappa shape index (κ3) is 4.12. The quantitative estimate of drug-likeness (QED) is 0.545. The molecule has 0 spiro atoms. The highest BCUT2D eigenvalue weighted by Gasteiger charge is 2.51. The van der Waals surface area contributed by atoms with Gasteiger partial charge in [0.1, 0.15) is 0 Å². The number of nitrogens with zero attached hydrogens (tertiary/aromatic N) is 1. The summed E-state index contributed by atoms with van der Waals surface area (Å²) >= 11 is 0. The van der Waals surface area contributed by atoms with Gasteiger partial charge in [0.15, 0.2) is 11.5 Å². The molecular formula is C28H30N2O4. The van der Waals surface area contributed by atoms with Gasteiger partial charge < -0.3 is 19.7 Å². The van der Waals surface area contributed by atoms with Crippen molar-refractivity contribution in [1.29, 1.82) is 0 Å². The topological polar surface area (TPSA) is 67.9 Å². The summed E-state index contributed by atoms with van der Waals surface area (Å²) in [6.07, 6.45) is 1.63. The molecule has 0 radical (unpaired) electrons. The van der Waals surface area contributed by atoms with Crippen molar-refractivity contribution in [2.45, 2.75) is 38.6 Å². The maximum atomic E-state index is 13.3. The summed E-state index contributed by atoms with van der Waals surface area (Å²) in [5, 5.41) is 3.14. The Labute approximate surface area is 201 Å². The van der Waals surface area contributed by atoms with Crippen LogP contribution < -0.4 is 14.8 Å². The summed E-state index contributed by atoms with van der Waals surface area (Å²) < 4.78 is 10.9. The molecule has 6 heteroatoms. The van der Waals surface area contributed by atoms with Crippen LogP contribution in [0.5, 0.6) is 11.5 Å². The van der Waals surface area contributed by atoms with Gasteiger partial charge in [-0.3, -0.25) is 9.59 Å². The van der Waals surface area contributed by atoms with Crippen LogP contribution in [0.2, 0.25) is 0 Å². The van der Waals surface area contributed by atoms with E-state index in [-0.39, 0.29) is 20.0 Å². The molecule has 1 aliphatic heterocycles. The molecule has 1 aliphatic carbocycles. The number of aryl methyl sites for hydroxylation is 1. The molecule has 1 fully saturated rings.